The SMILES string of the molecule is CCSSC[C@H](NC(=O)O)C(=O)NCCOCCOCC(=O)N[C@@H](Cc1ccc(OC(C)(C)C)cc1)C(=O)N[C@@H](COC(C)(C)C)C(=O)N[C@H](C(=O)N[C@@H](COC(c1ccccc1)(c1ccccc1)c1ccccc1)C(=O)N[C@@H](Cc1ccc(OC(C)(C)C)cc1)C(=O)N[C@@H](Cc1ccccc1)C(=O)N[C@H](C(=O)N[C@@H](CCSC)C(C)=O)C(C)CC)C(C)OC(C)(C)C. The lowest BCUT2D eigenvalue weighted by atomic mass is 9.80. The van der Waals surface area contributed by atoms with E-state index in [1.165, 1.54) is 40.3 Å². The molecule has 2 unspecified atom stereocenters. The minimum absolute atomic E-state index is 0.0173. The van der Waals surface area contributed by atoms with E-state index in [9.17, 15) is 29.1 Å². The minimum atomic E-state index is -1.80. The van der Waals surface area contributed by atoms with Crippen molar-refractivity contribution in [1.82, 2.24) is 53.2 Å². The Bertz CT molecular complexity index is 4380. The highest BCUT2D eigenvalue weighted by atomic mass is 33.1. The van der Waals surface area contributed by atoms with E-state index in [-0.39, 0.29) is 57.2 Å². The molecular weight excluding hydrogens is 1690 g/mol. The molecule has 11 atom stereocenters. The van der Waals surface area contributed by atoms with Gasteiger partial charge < -0.3 is 91.4 Å². The third-order valence-corrected chi connectivity index (χ3v) is 22.9. The molecule has 6 aromatic carbocycles. The number of carboxylic acid groups (broad SMARTS) is 1. The van der Waals surface area contributed by atoms with E-state index in [1.54, 1.807) is 134 Å². The zero-order chi connectivity index (χ0) is 94.4. The van der Waals surface area contributed by atoms with Crippen LogP contribution in [0.1, 0.15) is 164 Å². The van der Waals surface area contributed by atoms with Gasteiger partial charge in [0.05, 0.1) is 56.4 Å². The first-order valence-electron chi connectivity index (χ1n) is 43.3. The van der Waals surface area contributed by atoms with E-state index in [1.807, 2.05) is 153 Å². The summed E-state index contributed by atoms with van der Waals surface area (Å²) in [5, 5.41) is 37.2. The van der Waals surface area contributed by atoms with Crippen molar-refractivity contribution in [3.63, 3.8) is 0 Å². The van der Waals surface area contributed by atoms with Gasteiger partial charge in [-0.3, -0.25) is 47.9 Å². The number of rotatable bonds is 53. The number of carbonyl (C=O) groups excluding carboxylic acids is 10. The molecular formula is C96H134N10O19S3. The fourth-order valence-corrected chi connectivity index (χ4v) is 15.7. The lowest BCUT2D eigenvalue weighted by Crippen LogP contribution is -2.64. The van der Waals surface area contributed by atoms with Crippen LogP contribution >= 0.6 is 33.3 Å². The Kier molecular flexibility index (Phi) is 43.8. The van der Waals surface area contributed by atoms with Gasteiger partial charge >= 0.3 is 6.09 Å². The molecule has 10 amide bonds. The predicted octanol–water partition coefficient (Wildman–Crippen LogP) is 10.6. The normalized spacial score (nSPS) is 14.5. The van der Waals surface area contributed by atoms with E-state index in [0.29, 0.717) is 63.5 Å². The third-order valence-electron chi connectivity index (χ3n) is 19.7. The van der Waals surface area contributed by atoms with Gasteiger partial charge in [-0.25, -0.2) is 4.79 Å². The first-order chi connectivity index (χ1) is 60.5. The zero-order valence-corrected chi connectivity index (χ0v) is 79.6. The molecule has 32 heteroatoms. The smallest absolute Gasteiger partial charge is 0.405 e. The number of Topliss-reactive ketones (excluding diaryl/α,β-unsaturated/α-hetero) is 1. The Balaban J connectivity index is 1.43. The van der Waals surface area contributed by atoms with Crippen LogP contribution in [0.5, 0.6) is 11.5 Å². The molecule has 11 N–H and O–H groups in total. The van der Waals surface area contributed by atoms with Crippen LogP contribution in [0.4, 0.5) is 4.79 Å². The molecule has 0 heterocycles. The summed E-state index contributed by atoms with van der Waals surface area (Å²) in [7, 11) is 2.85. The summed E-state index contributed by atoms with van der Waals surface area (Å²) in [6.07, 6.45) is -0.371. The van der Waals surface area contributed by atoms with Crippen molar-refractivity contribution in [2.24, 2.45) is 5.92 Å². The molecule has 0 radical (unpaired) electrons. The molecule has 0 aliphatic heterocycles. The lowest BCUT2D eigenvalue weighted by molar-refractivity contribution is -0.143. The molecule has 0 spiro atoms. The van der Waals surface area contributed by atoms with Crippen LogP contribution in [0.3, 0.4) is 0 Å². The van der Waals surface area contributed by atoms with E-state index in [4.69, 9.17) is 33.2 Å². The third kappa shape index (κ3) is 37.9. The summed E-state index contributed by atoms with van der Waals surface area (Å²) in [4.78, 5) is 160. The van der Waals surface area contributed by atoms with Crippen molar-refractivity contribution in [1.29, 1.82) is 0 Å². The number of carbonyl (C=O) groups is 11. The van der Waals surface area contributed by atoms with Gasteiger partial charge in [-0.1, -0.05) is 194 Å². The molecule has 128 heavy (non-hydrogen) atoms. The molecule has 6 aromatic rings. The van der Waals surface area contributed by atoms with E-state index < -0.39 is 173 Å². The average molecular weight is 1830 g/mol. The highest BCUT2D eigenvalue weighted by Gasteiger charge is 2.43. The van der Waals surface area contributed by atoms with E-state index in [2.05, 4.69) is 53.2 Å². The van der Waals surface area contributed by atoms with Gasteiger partial charge in [-0.15, -0.1) is 0 Å². The van der Waals surface area contributed by atoms with Gasteiger partial charge in [-0.05, 0) is 179 Å². The van der Waals surface area contributed by atoms with Gasteiger partial charge in [-0.2, -0.15) is 11.8 Å². The molecule has 0 aromatic heterocycles. The maximum Gasteiger partial charge on any atom is 0.405 e. The fourth-order valence-electron chi connectivity index (χ4n) is 13.4. The van der Waals surface area contributed by atoms with Crippen LogP contribution in [-0.2, 0) is 96.5 Å². The van der Waals surface area contributed by atoms with Crippen LogP contribution < -0.4 is 62.6 Å². The summed E-state index contributed by atoms with van der Waals surface area (Å²) >= 11 is 1.51. The number of amides is 10. The van der Waals surface area contributed by atoms with E-state index >= 15 is 28.8 Å². The quantitative estimate of drug-likeness (QED) is 0.00960. The Labute approximate surface area is 766 Å². The highest BCUT2D eigenvalue weighted by Crippen LogP contribution is 2.41. The molecule has 0 saturated carbocycles. The van der Waals surface area contributed by atoms with Crippen LogP contribution in [0.15, 0.2) is 170 Å². The predicted molar refractivity (Wildman–Crippen MR) is 501 cm³/mol. The van der Waals surface area contributed by atoms with Crippen molar-refractivity contribution in [2.45, 2.75) is 238 Å². The maximum absolute atomic E-state index is 16.4. The largest absolute Gasteiger partial charge is 0.488 e. The minimum Gasteiger partial charge on any atom is -0.488 e. The van der Waals surface area contributed by atoms with Crippen LogP contribution in [-0.4, -0.2) is 223 Å². The van der Waals surface area contributed by atoms with Crippen LogP contribution in [0.2, 0.25) is 0 Å². The molecule has 29 nitrogen and oxygen atoms in total. The number of hydrogen-bond donors (Lipinski definition) is 11. The Hall–Kier alpha value is -10.1. The monoisotopic (exact) mass is 1830 g/mol. The van der Waals surface area contributed by atoms with Crippen molar-refractivity contribution >= 4 is 98.4 Å². The van der Waals surface area contributed by atoms with Crippen LogP contribution in [0, 0.1) is 5.92 Å². The lowest BCUT2D eigenvalue weighted by Gasteiger charge is -2.37. The van der Waals surface area contributed by atoms with Gasteiger partial charge in [0.25, 0.3) is 0 Å². The van der Waals surface area contributed by atoms with Gasteiger partial charge in [0.2, 0.25) is 53.2 Å². The van der Waals surface area contributed by atoms with Crippen LogP contribution in [0.25, 0.3) is 0 Å². The first kappa shape index (κ1) is 107. The summed E-state index contributed by atoms with van der Waals surface area (Å²) in [5.41, 5.74) is -1.08. The van der Waals surface area contributed by atoms with Crippen molar-refractivity contribution < 1.29 is 91.0 Å². The standard InChI is InChI=1S/C96H134N10O19S3/c1-19-62(3)81(89(115)99-73(63(4)107)49-54-126-18)105-86(112)76(55-65-33-25-21-26-34-65)100-85(111)75(57-67-43-47-72(48-44-67)125-95(15,16)17)101-87(113)78(59-122-96(68-35-27-22-28-36-68,69-37-29-23-30-38-69)70-39-31-24-32-40-70)103-90(116)82(64(5)123-93(9,10)11)106-88(114)77(58-121-92(6,7)8)102-84(110)74(56-66-41-45-71(46-42-66)124-94(12,13)14)98-80(108)60-120-53-52-119-51-50-97-83(109)79(104-91(117)118)61-128-127-20-2/h21-48,62,64,73-79,81-82,104H,19-20,49-61H2,1-18H3,(H,97,109)(H,98,108)(H,99,115)(H,100,111)(H,101,113)(H,102,110)(H,103,116)(H,105,112)(H,106,114)(H,117,118)/t62?,64?,73-,74-,75-,76-,77-,78-,79-,81-,82-/m0/s1. The summed E-state index contributed by atoms with van der Waals surface area (Å²) in [5.74, 6) is -5.38. The first-order valence-corrected chi connectivity index (χ1v) is 47.2. The molecule has 0 bridgehead atoms. The van der Waals surface area contributed by atoms with Gasteiger partial charge in [0, 0.05) is 37.3 Å². The summed E-state index contributed by atoms with van der Waals surface area (Å²) < 4.78 is 43.8. The molecule has 6 rings (SSSR count). The van der Waals surface area contributed by atoms with Gasteiger partial charge in [0.1, 0.15) is 83.2 Å². The van der Waals surface area contributed by atoms with Crippen molar-refractivity contribution in [2.75, 3.05) is 69.7 Å². The maximum atomic E-state index is 16.4. The van der Waals surface area contributed by atoms with Crippen molar-refractivity contribution in [3.05, 3.63) is 203 Å². The summed E-state index contributed by atoms with van der Waals surface area (Å²) in [6.45, 7) is 28.6. The second kappa shape index (κ2) is 52.6. The molecule has 0 aliphatic rings. The number of nitrogens with one attached hydrogen (secondary N) is 10. The van der Waals surface area contributed by atoms with Crippen molar-refractivity contribution in [3.8, 4) is 11.5 Å². The second-order valence-electron chi connectivity index (χ2n) is 35.1. The number of ketones is 1. The Morgan fingerprint density at radius 2 is 0.812 bits per heavy atom. The molecule has 0 saturated heterocycles. The number of ether oxygens (including phenoxy) is 7. The summed E-state index contributed by atoms with van der Waals surface area (Å²) in [6, 6.07) is 37.9. The topological polar surface area (TPSA) is 393 Å². The average Bonchev–Trinajstić information content (AvgIpc) is 0.754. The molecule has 700 valence electrons. The highest BCUT2D eigenvalue weighted by molar-refractivity contribution is 8.76. The number of hydrogen-bond acceptors (Lipinski definition) is 21. The number of thioether (sulfide) groups is 1. The van der Waals surface area contributed by atoms with E-state index in [0.717, 1.165) is 5.75 Å². The van der Waals surface area contributed by atoms with Gasteiger partial charge in [0.15, 0.2) is 5.78 Å². The second-order valence-corrected chi connectivity index (χ2v) is 38.9. The zero-order valence-electron chi connectivity index (χ0n) is 77.1. The number of benzene rings is 6. The fraction of sp³-hybridized carbons (Fsp3) is 0.510. The molecule has 0 fully saturated rings. The Morgan fingerprint density at radius 1 is 0.406 bits per heavy atom. The molecule has 0 aliphatic carbocycles. The Morgan fingerprint density at radius 3 is 1.26 bits per heavy atom.